The summed E-state index contributed by atoms with van der Waals surface area (Å²) >= 11 is 6.02. The van der Waals surface area contributed by atoms with E-state index >= 15 is 0 Å². The van der Waals surface area contributed by atoms with Crippen LogP contribution in [-0.4, -0.2) is 22.5 Å². The summed E-state index contributed by atoms with van der Waals surface area (Å²) in [6.45, 7) is 1.78. The van der Waals surface area contributed by atoms with Crippen LogP contribution in [0.3, 0.4) is 0 Å². The minimum atomic E-state index is -1.01. The zero-order chi connectivity index (χ0) is 18.7. The third-order valence-electron chi connectivity index (χ3n) is 3.41. The molecule has 0 aliphatic rings. The molecule has 0 N–H and O–H groups in total. The summed E-state index contributed by atoms with van der Waals surface area (Å²) in [5, 5.41) is 4.65. The maximum atomic E-state index is 13.6. The van der Waals surface area contributed by atoms with Crippen LogP contribution >= 0.6 is 11.6 Å². The van der Waals surface area contributed by atoms with Gasteiger partial charge in [-0.3, -0.25) is 0 Å². The normalized spacial score (nSPS) is 10.6. The van der Waals surface area contributed by atoms with E-state index in [2.05, 4.69) is 5.10 Å². The van der Waals surface area contributed by atoms with E-state index in [0.29, 0.717) is 22.0 Å². The molecule has 0 unspecified atom stereocenters. The summed E-state index contributed by atoms with van der Waals surface area (Å²) in [6, 6.07) is 11.6. The van der Waals surface area contributed by atoms with Gasteiger partial charge in [0.05, 0.1) is 18.0 Å². The molecule has 5 nitrogen and oxygen atoms in total. The van der Waals surface area contributed by atoms with Crippen LogP contribution in [0, 0.1) is 11.6 Å². The third-order valence-corrected chi connectivity index (χ3v) is 3.64. The van der Waals surface area contributed by atoms with Crippen LogP contribution in [0.5, 0.6) is 5.88 Å². The average Bonchev–Trinajstić information content (AvgIpc) is 3.01. The predicted octanol–water partition coefficient (Wildman–Crippen LogP) is 5.01. The molecule has 134 valence electrons. The van der Waals surface area contributed by atoms with E-state index in [1.807, 2.05) is 0 Å². The minimum Gasteiger partial charge on any atom is -0.434 e. The molecule has 3 aromatic rings. The molecule has 0 saturated heterocycles. The lowest BCUT2D eigenvalue weighted by Crippen LogP contribution is -2.10. The SMILES string of the molecule is CCOC(=O)Oc1cc(-c2ccc(F)c(F)c2)n(-c2cccc(Cl)c2)n1. The molecule has 0 bridgehead atoms. The first-order valence-corrected chi connectivity index (χ1v) is 8.01. The highest BCUT2D eigenvalue weighted by molar-refractivity contribution is 6.30. The van der Waals surface area contributed by atoms with Crippen molar-refractivity contribution in [3.8, 4) is 22.8 Å². The van der Waals surface area contributed by atoms with Crippen LogP contribution in [0.2, 0.25) is 5.02 Å². The molecule has 0 aliphatic carbocycles. The van der Waals surface area contributed by atoms with Gasteiger partial charge in [-0.25, -0.2) is 18.3 Å². The smallest absolute Gasteiger partial charge is 0.434 e. The molecule has 0 aliphatic heterocycles. The maximum Gasteiger partial charge on any atom is 0.515 e. The Hall–Kier alpha value is -2.93. The highest BCUT2D eigenvalue weighted by Crippen LogP contribution is 2.29. The van der Waals surface area contributed by atoms with Crippen LogP contribution < -0.4 is 4.74 Å². The lowest BCUT2D eigenvalue weighted by atomic mass is 10.1. The Morgan fingerprint density at radius 3 is 2.65 bits per heavy atom. The third kappa shape index (κ3) is 3.83. The monoisotopic (exact) mass is 378 g/mol. The van der Waals surface area contributed by atoms with E-state index in [4.69, 9.17) is 21.1 Å². The summed E-state index contributed by atoms with van der Waals surface area (Å²) in [7, 11) is 0. The number of ether oxygens (including phenoxy) is 2. The summed E-state index contributed by atoms with van der Waals surface area (Å²) in [4.78, 5) is 11.5. The standard InChI is InChI=1S/C18H13ClF2N2O3/c1-2-25-18(24)26-17-10-16(11-6-7-14(20)15(21)8-11)23(22-17)13-5-3-4-12(19)9-13/h3-10H,2H2,1H3. The van der Waals surface area contributed by atoms with Gasteiger partial charge in [0.1, 0.15) is 0 Å². The molecule has 1 heterocycles. The van der Waals surface area contributed by atoms with Crippen LogP contribution in [0.25, 0.3) is 16.9 Å². The number of nitrogens with zero attached hydrogens (tertiary/aromatic N) is 2. The quantitative estimate of drug-likeness (QED) is 0.599. The Kier molecular flexibility index (Phi) is 5.18. The van der Waals surface area contributed by atoms with Gasteiger partial charge in [0, 0.05) is 16.7 Å². The Balaban J connectivity index is 2.09. The van der Waals surface area contributed by atoms with Gasteiger partial charge in [0.15, 0.2) is 11.6 Å². The van der Waals surface area contributed by atoms with Crippen molar-refractivity contribution in [1.82, 2.24) is 9.78 Å². The largest absolute Gasteiger partial charge is 0.515 e. The van der Waals surface area contributed by atoms with Gasteiger partial charge in [-0.1, -0.05) is 17.7 Å². The Morgan fingerprint density at radius 2 is 1.96 bits per heavy atom. The van der Waals surface area contributed by atoms with Gasteiger partial charge >= 0.3 is 6.16 Å². The molecule has 2 aromatic carbocycles. The number of halogens is 3. The van der Waals surface area contributed by atoms with Crippen LogP contribution in [-0.2, 0) is 4.74 Å². The van der Waals surface area contributed by atoms with Crippen molar-refractivity contribution in [2.45, 2.75) is 6.92 Å². The van der Waals surface area contributed by atoms with E-state index in [9.17, 15) is 13.6 Å². The second kappa shape index (κ2) is 7.53. The van der Waals surface area contributed by atoms with Crippen LogP contribution in [0.4, 0.5) is 13.6 Å². The number of carbonyl (C=O) groups is 1. The first-order chi connectivity index (χ1) is 12.5. The Labute approximate surface area is 152 Å². The molecule has 0 amide bonds. The van der Waals surface area contributed by atoms with Crippen LogP contribution in [0.1, 0.15) is 6.92 Å². The van der Waals surface area contributed by atoms with Gasteiger partial charge in [-0.15, -0.1) is 5.10 Å². The van der Waals surface area contributed by atoms with Crippen molar-refractivity contribution < 1.29 is 23.0 Å². The second-order valence-corrected chi connectivity index (χ2v) is 5.61. The molecule has 26 heavy (non-hydrogen) atoms. The second-order valence-electron chi connectivity index (χ2n) is 5.17. The zero-order valence-electron chi connectivity index (χ0n) is 13.6. The number of hydrogen-bond donors (Lipinski definition) is 0. The van der Waals surface area contributed by atoms with E-state index < -0.39 is 17.8 Å². The molecular formula is C18H13ClF2N2O3. The molecule has 0 spiro atoms. The van der Waals surface area contributed by atoms with Crippen LogP contribution in [0.15, 0.2) is 48.5 Å². The summed E-state index contributed by atoms with van der Waals surface area (Å²) in [6.07, 6.45) is -0.917. The lowest BCUT2D eigenvalue weighted by Gasteiger charge is -2.08. The van der Waals surface area contributed by atoms with Gasteiger partial charge in [0.2, 0.25) is 5.88 Å². The first kappa shape index (κ1) is 17.9. The Morgan fingerprint density at radius 1 is 1.15 bits per heavy atom. The molecule has 0 radical (unpaired) electrons. The number of carbonyl (C=O) groups excluding carboxylic acids is 1. The van der Waals surface area contributed by atoms with Gasteiger partial charge in [0.25, 0.3) is 0 Å². The lowest BCUT2D eigenvalue weighted by molar-refractivity contribution is 0.102. The predicted molar refractivity (Wildman–Crippen MR) is 91.6 cm³/mol. The number of benzene rings is 2. The molecule has 0 saturated carbocycles. The number of hydrogen-bond acceptors (Lipinski definition) is 4. The fraction of sp³-hybridized carbons (Fsp3) is 0.111. The van der Waals surface area contributed by atoms with Gasteiger partial charge in [-0.05, 0) is 43.3 Å². The van der Waals surface area contributed by atoms with Crippen molar-refractivity contribution in [3.05, 3.63) is 65.2 Å². The van der Waals surface area contributed by atoms with E-state index in [0.717, 1.165) is 12.1 Å². The van der Waals surface area contributed by atoms with E-state index in [1.165, 1.54) is 16.8 Å². The van der Waals surface area contributed by atoms with E-state index in [-0.39, 0.29) is 12.5 Å². The van der Waals surface area contributed by atoms with Gasteiger partial charge < -0.3 is 9.47 Å². The summed E-state index contributed by atoms with van der Waals surface area (Å²) < 4.78 is 38.0. The fourth-order valence-corrected chi connectivity index (χ4v) is 2.49. The molecular weight excluding hydrogens is 366 g/mol. The van der Waals surface area contributed by atoms with Crippen molar-refractivity contribution in [3.63, 3.8) is 0 Å². The summed E-state index contributed by atoms with van der Waals surface area (Å²) in [5.74, 6) is -2.03. The highest BCUT2D eigenvalue weighted by Gasteiger charge is 2.17. The topological polar surface area (TPSA) is 53.4 Å². The summed E-state index contributed by atoms with van der Waals surface area (Å²) in [5.41, 5.74) is 1.27. The van der Waals surface area contributed by atoms with Gasteiger partial charge in [-0.2, -0.15) is 0 Å². The minimum absolute atomic E-state index is 0.0526. The Bertz CT molecular complexity index is 959. The molecule has 1 aromatic heterocycles. The average molecular weight is 379 g/mol. The molecule has 8 heteroatoms. The highest BCUT2D eigenvalue weighted by atomic mass is 35.5. The van der Waals surface area contributed by atoms with Crippen molar-refractivity contribution in [2.75, 3.05) is 6.61 Å². The molecule has 3 rings (SSSR count). The molecule has 0 atom stereocenters. The number of rotatable bonds is 4. The maximum absolute atomic E-state index is 13.6. The van der Waals surface area contributed by atoms with Crippen molar-refractivity contribution in [2.24, 2.45) is 0 Å². The first-order valence-electron chi connectivity index (χ1n) is 7.64. The number of aromatic nitrogens is 2. The van der Waals surface area contributed by atoms with E-state index in [1.54, 1.807) is 31.2 Å². The van der Waals surface area contributed by atoms with Crippen molar-refractivity contribution in [1.29, 1.82) is 0 Å². The fourth-order valence-electron chi connectivity index (χ4n) is 2.31. The van der Waals surface area contributed by atoms with Crippen molar-refractivity contribution >= 4 is 17.8 Å². The molecule has 0 fully saturated rings. The zero-order valence-corrected chi connectivity index (χ0v) is 14.3.